The Hall–Kier alpha value is -2.00. The number of nitrogens with two attached hydrogens (primary N) is 1. The second kappa shape index (κ2) is 5.76. The molecule has 0 unspecified atom stereocenters. The Morgan fingerprint density at radius 2 is 1.68 bits per heavy atom. The monoisotopic (exact) mass is 256 g/mol. The number of rotatable bonds is 4. The van der Waals surface area contributed by atoms with Crippen molar-refractivity contribution in [2.24, 2.45) is 5.73 Å². The fraction of sp³-hybridized carbons (Fsp3) is 0.250. The van der Waals surface area contributed by atoms with Crippen LogP contribution in [0.15, 0.2) is 42.5 Å². The number of methoxy groups -OCH3 is 1. The van der Waals surface area contributed by atoms with Gasteiger partial charge in [0.2, 0.25) is 0 Å². The third kappa shape index (κ3) is 2.88. The largest absolute Gasteiger partial charge is 0.496 e. The van der Waals surface area contributed by atoms with Crippen LogP contribution < -0.4 is 15.4 Å². The average Bonchev–Trinajstić information content (AvgIpc) is 2.46. The number of ether oxygens (including phenoxy) is 1. The molecular formula is C16H20N2O. The SMILES string of the molecule is COc1ccc(N(C)c2ccc(CN)cc2)cc1C. The van der Waals surface area contributed by atoms with E-state index in [4.69, 9.17) is 10.5 Å². The van der Waals surface area contributed by atoms with Crippen molar-refractivity contribution in [3.8, 4) is 5.75 Å². The minimum atomic E-state index is 0.575. The summed E-state index contributed by atoms with van der Waals surface area (Å²) in [6, 6.07) is 14.5. The Balaban J connectivity index is 2.27. The number of hydrogen-bond acceptors (Lipinski definition) is 3. The molecule has 2 aromatic rings. The molecule has 0 heterocycles. The van der Waals surface area contributed by atoms with Gasteiger partial charge in [0.1, 0.15) is 5.75 Å². The first-order chi connectivity index (χ1) is 9.15. The fourth-order valence-electron chi connectivity index (χ4n) is 2.08. The third-order valence-corrected chi connectivity index (χ3v) is 3.33. The molecule has 0 amide bonds. The van der Waals surface area contributed by atoms with Gasteiger partial charge in [-0.25, -0.2) is 0 Å². The second-order valence-corrected chi connectivity index (χ2v) is 4.58. The Morgan fingerprint density at radius 3 is 2.21 bits per heavy atom. The number of anilines is 2. The van der Waals surface area contributed by atoms with Gasteiger partial charge >= 0.3 is 0 Å². The van der Waals surface area contributed by atoms with E-state index in [-0.39, 0.29) is 0 Å². The van der Waals surface area contributed by atoms with Gasteiger partial charge < -0.3 is 15.4 Å². The van der Waals surface area contributed by atoms with E-state index in [0.717, 1.165) is 28.3 Å². The maximum absolute atomic E-state index is 5.61. The van der Waals surface area contributed by atoms with Gasteiger partial charge in [-0.2, -0.15) is 0 Å². The Kier molecular flexibility index (Phi) is 4.07. The first-order valence-corrected chi connectivity index (χ1v) is 6.33. The van der Waals surface area contributed by atoms with Crippen LogP contribution in [0, 0.1) is 6.92 Å². The molecule has 19 heavy (non-hydrogen) atoms. The molecule has 0 spiro atoms. The highest BCUT2D eigenvalue weighted by Crippen LogP contribution is 2.28. The van der Waals surface area contributed by atoms with Crippen molar-refractivity contribution in [3.05, 3.63) is 53.6 Å². The van der Waals surface area contributed by atoms with E-state index >= 15 is 0 Å². The third-order valence-electron chi connectivity index (χ3n) is 3.33. The van der Waals surface area contributed by atoms with Gasteiger partial charge in [-0.1, -0.05) is 12.1 Å². The molecule has 0 aliphatic rings. The summed E-state index contributed by atoms with van der Waals surface area (Å²) < 4.78 is 5.28. The Morgan fingerprint density at radius 1 is 1.05 bits per heavy atom. The van der Waals surface area contributed by atoms with Gasteiger partial charge in [-0.3, -0.25) is 0 Å². The fourth-order valence-corrected chi connectivity index (χ4v) is 2.08. The van der Waals surface area contributed by atoms with Crippen molar-refractivity contribution in [3.63, 3.8) is 0 Å². The molecule has 3 heteroatoms. The van der Waals surface area contributed by atoms with Crippen molar-refractivity contribution in [2.75, 3.05) is 19.1 Å². The van der Waals surface area contributed by atoms with Gasteiger partial charge in [0.15, 0.2) is 0 Å². The van der Waals surface area contributed by atoms with Crippen molar-refractivity contribution in [1.82, 2.24) is 0 Å². The predicted octanol–water partition coefficient (Wildman–Crippen LogP) is 3.23. The Labute approximate surface area is 114 Å². The summed E-state index contributed by atoms with van der Waals surface area (Å²) in [6.07, 6.45) is 0. The standard InChI is InChI=1S/C16H20N2O/c1-12-10-15(8-9-16(12)19-3)18(2)14-6-4-13(11-17)5-7-14/h4-10H,11,17H2,1-3H3. The molecule has 2 N–H and O–H groups in total. The summed E-state index contributed by atoms with van der Waals surface area (Å²) in [4.78, 5) is 2.15. The van der Waals surface area contributed by atoms with Crippen molar-refractivity contribution in [1.29, 1.82) is 0 Å². The van der Waals surface area contributed by atoms with Crippen molar-refractivity contribution in [2.45, 2.75) is 13.5 Å². The molecule has 0 aliphatic heterocycles. The quantitative estimate of drug-likeness (QED) is 0.912. The highest BCUT2D eigenvalue weighted by atomic mass is 16.5. The van der Waals surface area contributed by atoms with Crippen LogP contribution in [-0.4, -0.2) is 14.2 Å². The minimum absolute atomic E-state index is 0.575. The molecule has 3 nitrogen and oxygen atoms in total. The Bertz CT molecular complexity index is 549. The molecule has 0 fully saturated rings. The van der Waals surface area contributed by atoms with Gasteiger partial charge in [-0.05, 0) is 48.4 Å². The van der Waals surface area contributed by atoms with Gasteiger partial charge in [-0.15, -0.1) is 0 Å². The molecule has 0 radical (unpaired) electrons. The highest BCUT2D eigenvalue weighted by Gasteiger charge is 2.06. The zero-order valence-corrected chi connectivity index (χ0v) is 11.7. The number of hydrogen-bond donors (Lipinski definition) is 1. The topological polar surface area (TPSA) is 38.5 Å². The van der Waals surface area contributed by atoms with Gasteiger partial charge in [0, 0.05) is 25.0 Å². The lowest BCUT2D eigenvalue weighted by molar-refractivity contribution is 0.412. The van der Waals surface area contributed by atoms with Crippen LogP contribution in [-0.2, 0) is 6.54 Å². The van der Waals surface area contributed by atoms with Crippen LogP contribution >= 0.6 is 0 Å². The summed E-state index contributed by atoms with van der Waals surface area (Å²) in [5.74, 6) is 0.913. The second-order valence-electron chi connectivity index (χ2n) is 4.58. The van der Waals surface area contributed by atoms with Crippen LogP contribution in [0.1, 0.15) is 11.1 Å². The molecule has 2 aromatic carbocycles. The molecule has 0 saturated heterocycles. The lowest BCUT2D eigenvalue weighted by Gasteiger charge is -2.21. The zero-order chi connectivity index (χ0) is 13.8. The molecule has 0 saturated carbocycles. The summed E-state index contributed by atoms with van der Waals surface area (Å²) >= 11 is 0. The zero-order valence-electron chi connectivity index (χ0n) is 11.7. The number of aryl methyl sites for hydroxylation is 1. The van der Waals surface area contributed by atoms with E-state index < -0.39 is 0 Å². The summed E-state index contributed by atoms with van der Waals surface area (Å²) in [6.45, 7) is 2.62. The predicted molar refractivity (Wildman–Crippen MR) is 80.1 cm³/mol. The van der Waals surface area contributed by atoms with E-state index in [9.17, 15) is 0 Å². The van der Waals surface area contributed by atoms with E-state index in [2.05, 4.69) is 48.3 Å². The van der Waals surface area contributed by atoms with Crippen LogP contribution in [0.4, 0.5) is 11.4 Å². The number of nitrogens with zero attached hydrogens (tertiary/aromatic N) is 1. The van der Waals surface area contributed by atoms with Crippen molar-refractivity contribution >= 4 is 11.4 Å². The molecule has 100 valence electrons. The maximum Gasteiger partial charge on any atom is 0.121 e. The molecule has 0 atom stereocenters. The molecule has 0 bridgehead atoms. The van der Waals surface area contributed by atoms with Gasteiger partial charge in [0.05, 0.1) is 7.11 Å². The minimum Gasteiger partial charge on any atom is -0.496 e. The summed E-state index contributed by atoms with van der Waals surface area (Å²) in [5.41, 5.74) is 10.2. The number of benzene rings is 2. The van der Waals surface area contributed by atoms with E-state index in [1.54, 1.807) is 7.11 Å². The molecule has 0 aliphatic carbocycles. The highest BCUT2D eigenvalue weighted by molar-refractivity contribution is 5.64. The van der Waals surface area contributed by atoms with Crippen LogP contribution in [0.25, 0.3) is 0 Å². The van der Waals surface area contributed by atoms with Crippen LogP contribution in [0.2, 0.25) is 0 Å². The summed E-state index contributed by atoms with van der Waals surface area (Å²) in [7, 11) is 3.75. The first-order valence-electron chi connectivity index (χ1n) is 6.33. The average molecular weight is 256 g/mol. The normalized spacial score (nSPS) is 10.3. The lowest BCUT2D eigenvalue weighted by atomic mass is 10.1. The summed E-state index contributed by atoms with van der Waals surface area (Å²) in [5, 5.41) is 0. The van der Waals surface area contributed by atoms with E-state index in [0.29, 0.717) is 6.54 Å². The van der Waals surface area contributed by atoms with Crippen molar-refractivity contribution < 1.29 is 4.74 Å². The van der Waals surface area contributed by atoms with Crippen LogP contribution in [0.5, 0.6) is 5.75 Å². The van der Waals surface area contributed by atoms with Crippen LogP contribution in [0.3, 0.4) is 0 Å². The molecule has 0 aromatic heterocycles. The smallest absolute Gasteiger partial charge is 0.121 e. The molecular weight excluding hydrogens is 236 g/mol. The van der Waals surface area contributed by atoms with E-state index in [1.165, 1.54) is 0 Å². The first kappa shape index (κ1) is 13.4. The van der Waals surface area contributed by atoms with E-state index in [1.807, 2.05) is 13.0 Å². The lowest BCUT2D eigenvalue weighted by Crippen LogP contribution is -2.10. The van der Waals surface area contributed by atoms with Gasteiger partial charge in [0.25, 0.3) is 0 Å². The molecule has 2 rings (SSSR count). The maximum atomic E-state index is 5.61.